The van der Waals surface area contributed by atoms with Crippen LogP contribution in [0.25, 0.3) is 0 Å². The first-order valence-corrected chi connectivity index (χ1v) is 5.18. The van der Waals surface area contributed by atoms with Crippen LogP contribution in [0.4, 0.5) is 0 Å². The fraction of sp³-hybridized carbons (Fsp3) is 0.818. The van der Waals surface area contributed by atoms with E-state index in [1.165, 1.54) is 38.9 Å². The minimum absolute atomic E-state index is 1.20. The summed E-state index contributed by atoms with van der Waals surface area (Å²) >= 11 is 0. The molecular formula is C11H23N. The highest BCUT2D eigenvalue weighted by Gasteiger charge is 1.99. The second-order valence-electron chi connectivity index (χ2n) is 3.20. The molecule has 0 fully saturated rings. The van der Waals surface area contributed by atoms with Gasteiger partial charge in [0.25, 0.3) is 0 Å². The SMILES string of the molecule is CC=CCCN(CCC)CCC. The highest BCUT2D eigenvalue weighted by atomic mass is 15.1. The van der Waals surface area contributed by atoms with Crippen molar-refractivity contribution < 1.29 is 0 Å². The van der Waals surface area contributed by atoms with Crippen molar-refractivity contribution in [2.75, 3.05) is 19.6 Å². The zero-order valence-electron chi connectivity index (χ0n) is 8.84. The Morgan fingerprint density at radius 1 is 1.00 bits per heavy atom. The Bertz CT molecular complexity index is 102. The Balaban J connectivity index is 3.47. The highest BCUT2D eigenvalue weighted by Crippen LogP contribution is 1.96. The minimum atomic E-state index is 1.20. The van der Waals surface area contributed by atoms with Crippen LogP contribution < -0.4 is 0 Å². The molecule has 0 saturated heterocycles. The molecule has 0 radical (unpaired) electrons. The van der Waals surface area contributed by atoms with Gasteiger partial charge in [-0.1, -0.05) is 26.0 Å². The lowest BCUT2D eigenvalue weighted by Crippen LogP contribution is -2.26. The Labute approximate surface area is 77.5 Å². The third-order valence-electron chi connectivity index (χ3n) is 1.93. The molecule has 0 aromatic heterocycles. The Hall–Kier alpha value is -0.300. The summed E-state index contributed by atoms with van der Waals surface area (Å²) in [7, 11) is 0. The second kappa shape index (κ2) is 8.79. The third kappa shape index (κ3) is 6.41. The van der Waals surface area contributed by atoms with Crippen LogP contribution in [0.2, 0.25) is 0 Å². The molecule has 0 bridgehead atoms. The van der Waals surface area contributed by atoms with Gasteiger partial charge in [-0.05, 0) is 39.3 Å². The molecule has 0 aliphatic rings. The molecular weight excluding hydrogens is 146 g/mol. The van der Waals surface area contributed by atoms with E-state index in [2.05, 4.69) is 37.8 Å². The molecule has 72 valence electrons. The van der Waals surface area contributed by atoms with Gasteiger partial charge < -0.3 is 4.90 Å². The molecule has 0 aromatic rings. The molecule has 0 heterocycles. The summed E-state index contributed by atoms with van der Waals surface area (Å²) in [5, 5.41) is 0. The van der Waals surface area contributed by atoms with Crippen molar-refractivity contribution in [3.05, 3.63) is 12.2 Å². The first-order valence-electron chi connectivity index (χ1n) is 5.18. The summed E-state index contributed by atoms with van der Waals surface area (Å²) in [5.74, 6) is 0. The van der Waals surface area contributed by atoms with Gasteiger partial charge in [0, 0.05) is 6.54 Å². The van der Waals surface area contributed by atoms with Gasteiger partial charge in [0.15, 0.2) is 0 Å². The summed E-state index contributed by atoms with van der Waals surface area (Å²) in [5.41, 5.74) is 0. The van der Waals surface area contributed by atoms with E-state index in [-0.39, 0.29) is 0 Å². The fourth-order valence-electron chi connectivity index (χ4n) is 1.39. The van der Waals surface area contributed by atoms with Gasteiger partial charge in [-0.15, -0.1) is 0 Å². The molecule has 0 unspecified atom stereocenters. The van der Waals surface area contributed by atoms with Gasteiger partial charge in [0.1, 0.15) is 0 Å². The maximum absolute atomic E-state index is 2.54. The number of rotatable bonds is 7. The molecule has 0 N–H and O–H groups in total. The smallest absolute Gasteiger partial charge is 0.00159 e. The highest BCUT2D eigenvalue weighted by molar-refractivity contribution is 4.78. The van der Waals surface area contributed by atoms with Crippen molar-refractivity contribution >= 4 is 0 Å². The minimum Gasteiger partial charge on any atom is -0.303 e. The van der Waals surface area contributed by atoms with E-state index in [9.17, 15) is 0 Å². The van der Waals surface area contributed by atoms with Crippen molar-refractivity contribution in [3.8, 4) is 0 Å². The average molecular weight is 169 g/mol. The summed E-state index contributed by atoms with van der Waals surface area (Å²) < 4.78 is 0. The normalized spacial score (nSPS) is 11.7. The van der Waals surface area contributed by atoms with E-state index in [0.717, 1.165) is 0 Å². The van der Waals surface area contributed by atoms with Gasteiger partial charge in [0.05, 0.1) is 0 Å². The van der Waals surface area contributed by atoms with Gasteiger partial charge >= 0.3 is 0 Å². The first-order chi connectivity index (χ1) is 5.85. The number of nitrogens with zero attached hydrogens (tertiary/aromatic N) is 1. The number of allylic oxidation sites excluding steroid dienone is 1. The van der Waals surface area contributed by atoms with Crippen LogP contribution in [0.5, 0.6) is 0 Å². The van der Waals surface area contributed by atoms with E-state index in [4.69, 9.17) is 0 Å². The molecule has 0 rings (SSSR count). The van der Waals surface area contributed by atoms with Crippen LogP contribution in [-0.4, -0.2) is 24.5 Å². The molecule has 1 nitrogen and oxygen atoms in total. The number of hydrogen-bond donors (Lipinski definition) is 0. The van der Waals surface area contributed by atoms with E-state index in [1.54, 1.807) is 0 Å². The Kier molecular flexibility index (Phi) is 8.57. The van der Waals surface area contributed by atoms with Crippen LogP contribution in [0.1, 0.15) is 40.0 Å². The van der Waals surface area contributed by atoms with Gasteiger partial charge in [-0.3, -0.25) is 0 Å². The quantitative estimate of drug-likeness (QED) is 0.529. The van der Waals surface area contributed by atoms with Crippen molar-refractivity contribution in [3.63, 3.8) is 0 Å². The zero-order chi connectivity index (χ0) is 9.23. The monoisotopic (exact) mass is 169 g/mol. The Morgan fingerprint density at radius 2 is 1.58 bits per heavy atom. The first kappa shape index (κ1) is 11.7. The van der Waals surface area contributed by atoms with Crippen LogP contribution in [-0.2, 0) is 0 Å². The zero-order valence-corrected chi connectivity index (χ0v) is 8.84. The van der Waals surface area contributed by atoms with E-state index in [1.807, 2.05) is 0 Å². The second-order valence-corrected chi connectivity index (χ2v) is 3.20. The predicted molar refractivity (Wildman–Crippen MR) is 56.5 cm³/mol. The molecule has 0 aromatic carbocycles. The lowest BCUT2D eigenvalue weighted by molar-refractivity contribution is 0.280. The van der Waals surface area contributed by atoms with E-state index in [0.29, 0.717) is 0 Å². The van der Waals surface area contributed by atoms with Crippen LogP contribution in [0, 0.1) is 0 Å². The fourth-order valence-corrected chi connectivity index (χ4v) is 1.39. The van der Waals surface area contributed by atoms with Gasteiger partial charge in [0.2, 0.25) is 0 Å². The average Bonchev–Trinajstić information content (AvgIpc) is 2.06. The predicted octanol–water partition coefficient (Wildman–Crippen LogP) is 3.07. The van der Waals surface area contributed by atoms with Crippen LogP contribution >= 0.6 is 0 Å². The molecule has 12 heavy (non-hydrogen) atoms. The lowest BCUT2D eigenvalue weighted by Gasteiger charge is -2.19. The summed E-state index contributed by atoms with van der Waals surface area (Å²) in [6.45, 7) is 10.3. The molecule has 0 atom stereocenters. The molecule has 1 heteroatoms. The molecule has 0 saturated carbocycles. The largest absolute Gasteiger partial charge is 0.303 e. The maximum atomic E-state index is 2.54. The lowest BCUT2D eigenvalue weighted by atomic mass is 10.3. The topological polar surface area (TPSA) is 3.24 Å². The van der Waals surface area contributed by atoms with Crippen molar-refractivity contribution in [1.29, 1.82) is 0 Å². The summed E-state index contributed by atoms with van der Waals surface area (Å²) in [4.78, 5) is 2.54. The summed E-state index contributed by atoms with van der Waals surface area (Å²) in [6, 6.07) is 0. The van der Waals surface area contributed by atoms with Gasteiger partial charge in [-0.25, -0.2) is 0 Å². The van der Waals surface area contributed by atoms with Crippen LogP contribution in [0.3, 0.4) is 0 Å². The van der Waals surface area contributed by atoms with Gasteiger partial charge in [-0.2, -0.15) is 0 Å². The molecule has 0 amide bonds. The van der Waals surface area contributed by atoms with E-state index >= 15 is 0 Å². The maximum Gasteiger partial charge on any atom is 0.00159 e. The van der Waals surface area contributed by atoms with Crippen molar-refractivity contribution in [2.24, 2.45) is 0 Å². The standard InChI is InChI=1S/C11H23N/c1-4-7-8-11-12(9-5-2)10-6-3/h4,7H,5-6,8-11H2,1-3H3. The molecule has 0 aliphatic heterocycles. The molecule has 0 spiro atoms. The summed E-state index contributed by atoms with van der Waals surface area (Å²) in [6.07, 6.45) is 8.14. The van der Waals surface area contributed by atoms with E-state index < -0.39 is 0 Å². The number of hydrogen-bond acceptors (Lipinski definition) is 1. The van der Waals surface area contributed by atoms with Crippen LogP contribution in [0.15, 0.2) is 12.2 Å². The van der Waals surface area contributed by atoms with Crippen molar-refractivity contribution in [2.45, 2.75) is 40.0 Å². The molecule has 0 aliphatic carbocycles. The third-order valence-corrected chi connectivity index (χ3v) is 1.93. The van der Waals surface area contributed by atoms with Crippen molar-refractivity contribution in [1.82, 2.24) is 4.90 Å². The Morgan fingerprint density at radius 3 is 2.00 bits per heavy atom.